The predicted molar refractivity (Wildman–Crippen MR) is 104 cm³/mol. The number of nitrogens with zero attached hydrogens (tertiary/aromatic N) is 4. The van der Waals surface area contributed by atoms with Crippen LogP contribution in [0.3, 0.4) is 0 Å². The molecule has 26 heavy (non-hydrogen) atoms. The van der Waals surface area contributed by atoms with Crippen molar-refractivity contribution in [3.63, 3.8) is 0 Å². The second-order valence-electron chi connectivity index (χ2n) is 6.22. The summed E-state index contributed by atoms with van der Waals surface area (Å²) in [6.07, 6.45) is 0. The minimum atomic E-state index is 0.520. The van der Waals surface area contributed by atoms with Crippen LogP contribution in [0.25, 0.3) is 11.5 Å². The summed E-state index contributed by atoms with van der Waals surface area (Å²) in [5.41, 5.74) is 1.97. The molecule has 1 aliphatic rings. The fraction of sp³-hybridized carbons (Fsp3) is 0.263. The summed E-state index contributed by atoms with van der Waals surface area (Å²) in [5, 5.41) is 9.80. The van der Waals surface area contributed by atoms with E-state index in [-0.39, 0.29) is 0 Å². The van der Waals surface area contributed by atoms with Gasteiger partial charge in [-0.25, -0.2) is 0 Å². The highest BCUT2D eigenvalue weighted by atomic mass is 35.5. The van der Waals surface area contributed by atoms with Crippen LogP contribution in [0.5, 0.6) is 0 Å². The summed E-state index contributed by atoms with van der Waals surface area (Å²) in [7, 11) is 0. The molecule has 0 spiro atoms. The molecule has 1 aliphatic heterocycles. The fourth-order valence-electron chi connectivity index (χ4n) is 3.07. The van der Waals surface area contributed by atoms with E-state index in [1.165, 1.54) is 0 Å². The number of aromatic nitrogens is 2. The first-order valence-corrected chi connectivity index (χ1v) is 9.25. The van der Waals surface area contributed by atoms with E-state index in [1.807, 2.05) is 42.5 Å². The second-order valence-corrected chi connectivity index (χ2v) is 7.07. The van der Waals surface area contributed by atoms with Gasteiger partial charge in [0.1, 0.15) is 0 Å². The number of halogens is 2. The molecule has 1 aromatic heterocycles. The average molecular weight is 389 g/mol. The maximum Gasteiger partial charge on any atom is 0.247 e. The normalized spacial score (nSPS) is 15.4. The van der Waals surface area contributed by atoms with Crippen molar-refractivity contribution in [3.8, 4) is 11.5 Å². The number of para-hydroxylation sites is 1. The molecular weight excluding hydrogens is 371 g/mol. The zero-order chi connectivity index (χ0) is 17.9. The van der Waals surface area contributed by atoms with Crippen LogP contribution in [0.1, 0.15) is 5.89 Å². The Morgan fingerprint density at radius 1 is 0.885 bits per heavy atom. The first-order valence-electron chi connectivity index (χ1n) is 8.49. The molecule has 0 aliphatic carbocycles. The summed E-state index contributed by atoms with van der Waals surface area (Å²) < 4.78 is 5.80. The van der Waals surface area contributed by atoms with E-state index in [1.54, 1.807) is 0 Å². The number of piperazine rings is 1. The molecule has 3 aromatic rings. The van der Waals surface area contributed by atoms with Gasteiger partial charge in [-0.05, 0) is 36.4 Å². The molecule has 1 fully saturated rings. The lowest BCUT2D eigenvalue weighted by Crippen LogP contribution is -2.46. The Balaban J connectivity index is 1.36. The Bertz CT molecular complexity index is 873. The van der Waals surface area contributed by atoms with Crippen LogP contribution >= 0.6 is 23.2 Å². The quantitative estimate of drug-likeness (QED) is 0.663. The molecule has 0 bridgehead atoms. The van der Waals surface area contributed by atoms with E-state index in [0.717, 1.165) is 42.5 Å². The lowest BCUT2D eigenvalue weighted by atomic mass is 10.2. The maximum absolute atomic E-state index is 6.30. The maximum atomic E-state index is 6.30. The molecule has 5 nitrogen and oxygen atoms in total. The van der Waals surface area contributed by atoms with E-state index >= 15 is 0 Å². The lowest BCUT2D eigenvalue weighted by molar-refractivity contribution is 0.227. The first kappa shape index (κ1) is 17.3. The first-order chi connectivity index (χ1) is 12.7. The van der Waals surface area contributed by atoms with E-state index < -0.39 is 0 Å². The molecular formula is C19H18Cl2N4O. The molecule has 2 aromatic carbocycles. The van der Waals surface area contributed by atoms with Crippen molar-refractivity contribution in [3.05, 3.63) is 64.5 Å². The molecule has 0 saturated carbocycles. The summed E-state index contributed by atoms with van der Waals surface area (Å²) >= 11 is 12.2. The molecule has 1 saturated heterocycles. The van der Waals surface area contributed by atoms with E-state index in [0.29, 0.717) is 23.3 Å². The number of hydrogen-bond donors (Lipinski definition) is 0. The summed E-state index contributed by atoms with van der Waals surface area (Å²) in [4.78, 5) is 4.62. The molecule has 4 rings (SSSR count). The van der Waals surface area contributed by atoms with E-state index in [9.17, 15) is 0 Å². The molecule has 0 amide bonds. The predicted octanol–water partition coefficient (Wildman–Crippen LogP) is 4.37. The van der Waals surface area contributed by atoms with Crippen LogP contribution in [0.2, 0.25) is 10.0 Å². The number of anilines is 1. The van der Waals surface area contributed by atoms with Gasteiger partial charge in [-0.15, -0.1) is 10.2 Å². The van der Waals surface area contributed by atoms with Crippen molar-refractivity contribution in [1.29, 1.82) is 0 Å². The van der Waals surface area contributed by atoms with Crippen LogP contribution in [-0.4, -0.2) is 41.3 Å². The van der Waals surface area contributed by atoms with E-state index in [4.69, 9.17) is 27.6 Å². The third-order valence-corrected chi connectivity index (χ3v) is 5.05. The van der Waals surface area contributed by atoms with Crippen molar-refractivity contribution in [2.45, 2.75) is 6.54 Å². The van der Waals surface area contributed by atoms with Gasteiger partial charge in [-0.3, -0.25) is 4.90 Å². The largest absolute Gasteiger partial charge is 0.419 e. The smallest absolute Gasteiger partial charge is 0.247 e. The minimum absolute atomic E-state index is 0.520. The third kappa shape index (κ3) is 3.85. The van der Waals surface area contributed by atoms with Crippen LogP contribution in [0, 0.1) is 0 Å². The van der Waals surface area contributed by atoms with Gasteiger partial charge >= 0.3 is 0 Å². The Labute approximate surface area is 162 Å². The highest BCUT2D eigenvalue weighted by molar-refractivity contribution is 6.33. The minimum Gasteiger partial charge on any atom is -0.419 e. The number of benzene rings is 2. The lowest BCUT2D eigenvalue weighted by Gasteiger charge is -2.35. The van der Waals surface area contributed by atoms with Gasteiger partial charge in [-0.1, -0.05) is 35.3 Å². The second kappa shape index (κ2) is 7.66. The van der Waals surface area contributed by atoms with Gasteiger partial charge in [0.25, 0.3) is 0 Å². The Hall–Kier alpha value is -2.08. The van der Waals surface area contributed by atoms with Crippen LogP contribution in [0.15, 0.2) is 52.9 Å². The van der Waals surface area contributed by atoms with Gasteiger partial charge in [-0.2, -0.15) is 0 Å². The Kier molecular flexibility index (Phi) is 5.11. The van der Waals surface area contributed by atoms with E-state index in [2.05, 4.69) is 26.1 Å². The topological polar surface area (TPSA) is 45.4 Å². The SMILES string of the molecule is Clc1ccc(-c2nnc(CN3CCN(c4ccccc4Cl)CC3)o2)cc1. The fourth-order valence-corrected chi connectivity index (χ4v) is 3.45. The summed E-state index contributed by atoms with van der Waals surface area (Å²) in [6.45, 7) is 4.33. The molecule has 7 heteroatoms. The van der Waals surface area contributed by atoms with Crippen molar-refractivity contribution < 1.29 is 4.42 Å². The van der Waals surface area contributed by atoms with Gasteiger partial charge in [0.05, 0.1) is 17.3 Å². The average Bonchev–Trinajstić information content (AvgIpc) is 3.12. The van der Waals surface area contributed by atoms with Crippen LogP contribution in [-0.2, 0) is 6.54 Å². The van der Waals surface area contributed by atoms with Gasteiger partial charge < -0.3 is 9.32 Å². The van der Waals surface area contributed by atoms with Crippen LogP contribution < -0.4 is 4.90 Å². The zero-order valence-corrected chi connectivity index (χ0v) is 15.6. The number of rotatable bonds is 4. The Morgan fingerprint density at radius 2 is 1.62 bits per heavy atom. The molecule has 2 heterocycles. The van der Waals surface area contributed by atoms with Crippen molar-refractivity contribution >= 4 is 28.9 Å². The molecule has 0 N–H and O–H groups in total. The van der Waals surface area contributed by atoms with Crippen molar-refractivity contribution in [2.75, 3.05) is 31.1 Å². The highest BCUT2D eigenvalue weighted by Crippen LogP contribution is 2.26. The molecule has 0 radical (unpaired) electrons. The van der Waals surface area contributed by atoms with Crippen molar-refractivity contribution in [2.24, 2.45) is 0 Å². The Morgan fingerprint density at radius 3 is 2.35 bits per heavy atom. The summed E-state index contributed by atoms with van der Waals surface area (Å²) in [5.74, 6) is 1.15. The molecule has 0 unspecified atom stereocenters. The molecule has 134 valence electrons. The van der Waals surface area contributed by atoms with Crippen LogP contribution in [0.4, 0.5) is 5.69 Å². The highest BCUT2D eigenvalue weighted by Gasteiger charge is 2.20. The summed E-state index contributed by atoms with van der Waals surface area (Å²) in [6, 6.07) is 15.3. The standard InChI is InChI=1S/C19H18Cl2N4O/c20-15-7-5-14(6-8-15)19-23-22-18(26-19)13-24-9-11-25(12-10-24)17-4-2-1-3-16(17)21/h1-8H,9-13H2. The number of hydrogen-bond acceptors (Lipinski definition) is 5. The van der Waals surface area contributed by atoms with Gasteiger partial charge in [0.15, 0.2) is 0 Å². The monoisotopic (exact) mass is 388 g/mol. The zero-order valence-electron chi connectivity index (χ0n) is 14.1. The third-order valence-electron chi connectivity index (χ3n) is 4.48. The molecule has 0 atom stereocenters. The van der Waals surface area contributed by atoms with Gasteiger partial charge in [0, 0.05) is 36.8 Å². The van der Waals surface area contributed by atoms with Gasteiger partial charge in [0.2, 0.25) is 11.8 Å². The van der Waals surface area contributed by atoms with Crippen molar-refractivity contribution in [1.82, 2.24) is 15.1 Å².